The molecule has 0 unspecified atom stereocenters. The zero-order valence-electron chi connectivity index (χ0n) is 10.6. The first-order chi connectivity index (χ1) is 8.35. The fourth-order valence-corrected chi connectivity index (χ4v) is 1.92. The summed E-state index contributed by atoms with van der Waals surface area (Å²) in [6, 6.07) is 0. The smallest absolute Gasteiger partial charge is 0.224 e. The minimum Gasteiger partial charge on any atom is -0.360 e. The third-order valence-corrected chi connectivity index (χ3v) is 3.99. The lowest BCUT2D eigenvalue weighted by Crippen LogP contribution is -2.19. The monoisotopic (exact) mass is 276 g/mol. The fraction of sp³-hybridized carbons (Fsp3) is 0.600. The van der Waals surface area contributed by atoms with Crippen LogP contribution in [-0.4, -0.2) is 50.5 Å². The molecule has 1 aromatic rings. The van der Waals surface area contributed by atoms with Gasteiger partial charge in [-0.05, 0) is 0 Å². The van der Waals surface area contributed by atoms with Crippen molar-refractivity contribution in [2.24, 2.45) is 0 Å². The van der Waals surface area contributed by atoms with Crippen LogP contribution in [0.2, 0.25) is 0 Å². The van der Waals surface area contributed by atoms with E-state index in [0.29, 0.717) is 0 Å². The van der Waals surface area contributed by atoms with E-state index in [-0.39, 0.29) is 29.8 Å². The van der Waals surface area contributed by atoms with E-state index in [4.69, 9.17) is 0 Å². The van der Waals surface area contributed by atoms with Gasteiger partial charge in [-0.3, -0.25) is 0 Å². The van der Waals surface area contributed by atoms with Crippen LogP contribution < -0.4 is 10.2 Å². The van der Waals surface area contributed by atoms with E-state index in [1.807, 2.05) is 0 Å². The fourth-order valence-electron chi connectivity index (χ4n) is 1.22. The average molecular weight is 276 g/mol. The number of sulfone groups is 1. The molecule has 0 aliphatic carbocycles. The Balaban J connectivity index is 2.66. The molecule has 0 bridgehead atoms. The van der Waals surface area contributed by atoms with E-state index < -0.39 is 15.7 Å². The largest absolute Gasteiger partial charge is 0.360 e. The molecule has 0 spiro atoms. The Labute approximate surface area is 106 Å². The second-order valence-corrected chi connectivity index (χ2v) is 6.40. The summed E-state index contributed by atoms with van der Waals surface area (Å²) < 4.78 is 35.8. The molecule has 1 rings (SSSR count). The van der Waals surface area contributed by atoms with Crippen LogP contribution in [0.25, 0.3) is 0 Å². The number of anilines is 2. The predicted molar refractivity (Wildman–Crippen MR) is 69.1 cm³/mol. The highest BCUT2D eigenvalue weighted by atomic mass is 32.2. The van der Waals surface area contributed by atoms with Gasteiger partial charge in [0.25, 0.3) is 0 Å². The van der Waals surface area contributed by atoms with Gasteiger partial charge in [-0.2, -0.15) is 4.98 Å². The van der Waals surface area contributed by atoms with Crippen molar-refractivity contribution in [1.82, 2.24) is 9.97 Å². The van der Waals surface area contributed by atoms with Gasteiger partial charge < -0.3 is 10.2 Å². The summed E-state index contributed by atoms with van der Waals surface area (Å²) in [5, 5.41) is 2.76. The van der Waals surface area contributed by atoms with E-state index in [2.05, 4.69) is 15.3 Å². The molecule has 0 saturated carbocycles. The minimum absolute atomic E-state index is 0.00152. The van der Waals surface area contributed by atoms with Crippen LogP contribution in [0.5, 0.6) is 0 Å². The molecule has 8 heteroatoms. The Morgan fingerprint density at radius 1 is 1.44 bits per heavy atom. The predicted octanol–water partition coefficient (Wildman–Crippen LogP) is 0.528. The van der Waals surface area contributed by atoms with E-state index in [0.717, 1.165) is 6.20 Å². The summed E-state index contributed by atoms with van der Waals surface area (Å²) in [5.74, 6) is -0.0485. The maximum atomic E-state index is 13.3. The van der Waals surface area contributed by atoms with Crippen molar-refractivity contribution in [3.8, 4) is 0 Å². The van der Waals surface area contributed by atoms with E-state index in [1.54, 1.807) is 21.0 Å². The third-order valence-electron chi connectivity index (χ3n) is 2.29. The summed E-state index contributed by atoms with van der Waals surface area (Å²) >= 11 is 0. The van der Waals surface area contributed by atoms with Gasteiger partial charge in [0.1, 0.15) is 0 Å². The molecule has 1 aromatic heterocycles. The summed E-state index contributed by atoms with van der Waals surface area (Å²) in [5.41, 5.74) is 0. The standard InChI is InChI=1S/C10H17FN4O2S/c1-4-18(16,17)6-5-12-10-13-7-8(11)9(14-10)15(2)3/h7H,4-6H2,1-3H3,(H,12,13,14). The summed E-state index contributed by atoms with van der Waals surface area (Å²) in [6.45, 7) is 1.79. The van der Waals surface area contributed by atoms with Gasteiger partial charge in [0.15, 0.2) is 21.5 Å². The number of nitrogens with zero attached hydrogens (tertiary/aromatic N) is 3. The van der Waals surface area contributed by atoms with Gasteiger partial charge in [0.2, 0.25) is 5.95 Å². The zero-order chi connectivity index (χ0) is 13.8. The van der Waals surface area contributed by atoms with Crippen molar-refractivity contribution in [2.75, 3.05) is 42.4 Å². The van der Waals surface area contributed by atoms with Gasteiger partial charge in [0.05, 0.1) is 11.9 Å². The van der Waals surface area contributed by atoms with E-state index >= 15 is 0 Å². The highest BCUT2D eigenvalue weighted by molar-refractivity contribution is 7.91. The molecule has 0 aliphatic heterocycles. The Bertz CT molecular complexity index is 505. The second-order valence-electron chi connectivity index (χ2n) is 3.92. The van der Waals surface area contributed by atoms with Crippen LogP contribution >= 0.6 is 0 Å². The summed E-state index contributed by atoms with van der Waals surface area (Å²) in [7, 11) is 0.300. The van der Waals surface area contributed by atoms with E-state index in [1.165, 1.54) is 4.90 Å². The molecule has 1 heterocycles. The number of nitrogens with one attached hydrogen (secondary N) is 1. The van der Waals surface area contributed by atoms with E-state index in [9.17, 15) is 12.8 Å². The number of hydrogen-bond donors (Lipinski definition) is 1. The number of halogens is 1. The first-order valence-electron chi connectivity index (χ1n) is 5.50. The maximum Gasteiger partial charge on any atom is 0.224 e. The molecule has 0 aromatic carbocycles. The maximum absolute atomic E-state index is 13.3. The first-order valence-corrected chi connectivity index (χ1v) is 7.32. The van der Waals surface area contributed by atoms with Gasteiger partial charge in [0, 0.05) is 26.4 Å². The SMILES string of the molecule is CCS(=O)(=O)CCNc1ncc(F)c(N(C)C)n1. The molecule has 0 radical (unpaired) electrons. The second kappa shape index (κ2) is 5.94. The average Bonchev–Trinajstić information content (AvgIpc) is 2.31. The molecule has 1 N–H and O–H groups in total. The van der Waals surface area contributed by atoms with Gasteiger partial charge in [-0.15, -0.1) is 0 Å². The number of aromatic nitrogens is 2. The molecule has 6 nitrogen and oxygen atoms in total. The normalized spacial score (nSPS) is 11.3. The van der Waals surface area contributed by atoms with Crippen molar-refractivity contribution in [3.63, 3.8) is 0 Å². The van der Waals surface area contributed by atoms with Crippen LogP contribution in [0, 0.1) is 5.82 Å². The lowest BCUT2D eigenvalue weighted by Gasteiger charge is -2.13. The molecule has 0 amide bonds. The Morgan fingerprint density at radius 2 is 2.11 bits per heavy atom. The molecule has 18 heavy (non-hydrogen) atoms. The molecular weight excluding hydrogens is 259 g/mol. The van der Waals surface area contributed by atoms with Crippen LogP contribution in [0.3, 0.4) is 0 Å². The van der Waals surface area contributed by atoms with Crippen LogP contribution in [-0.2, 0) is 9.84 Å². The summed E-state index contributed by atoms with van der Waals surface area (Å²) in [6.07, 6.45) is 1.05. The molecule has 0 aliphatic rings. The number of rotatable bonds is 6. The number of hydrogen-bond acceptors (Lipinski definition) is 6. The van der Waals surface area contributed by atoms with Gasteiger partial charge in [-0.25, -0.2) is 17.8 Å². The molecule has 102 valence electrons. The highest BCUT2D eigenvalue weighted by Gasteiger charge is 2.10. The topological polar surface area (TPSA) is 75.2 Å². The molecule has 0 saturated heterocycles. The van der Waals surface area contributed by atoms with Crippen LogP contribution in [0.15, 0.2) is 6.20 Å². The zero-order valence-corrected chi connectivity index (χ0v) is 11.5. The Kier molecular flexibility index (Phi) is 4.83. The quantitative estimate of drug-likeness (QED) is 0.817. The first kappa shape index (κ1) is 14.6. The van der Waals surface area contributed by atoms with Crippen LogP contribution in [0.1, 0.15) is 6.92 Å². The lowest BCUT2D eigenvalue weighted by molar-refractivity contribution is 0.597. The summed E-state index contributed by atoms with van der Waals surface area (Å²) in [4.78, 5) is 9.22. The molecule has 0 fully saturated rings. The van der Waals surface area contributed by atoms with Crippen LogP contribution in [0.4, 0.5) is 16.2 Å². The van der Waals surface area contributed by atoms with Crippen molar-refractivity contribution in [3.05, 3.63) is 12.0 Å². The third kappa shape index (κ3) is 4.10. The minimum atomic E-state index is -3.03. The Morgan fingerprint density at radius 3 is 2.67 bits per heavy atom. The van der Waals surface area contributed by atoms with Crippen molar-refractivity contribution >= 4 is 21.6 Å². The van der Waals surface area contributed by atoms with Gasteiger partial charge in [-0.1, -0.05) is 6.92 Å². The highest BCUT2D eigenvalue weighted by Crippen LogP contribution is 2.14. The van der Waals surface area contributed by atoms with Crippen molar-refractivity contribution in [1.29, 1.82) is 0 Å². The molecular formula is C10H17FN4O2S. The lowest BCUT2D eigenvalue weighted by atomic mass is 10.5. The van der Waals surface area contributed by atoms with Gasteiger partial charge >= 0.3 is 0 Å². The molecule has 0 atom stereocenters. The van der Waals surface area contributed by atoms with Crippen molar-refractivity contribution < 1.29 is 12.8 Å². The van der Waals surface area contributed by atoms with Crippen molar-refractivity contribution in [2.45, 2.75) is 6.92 Å². The Hall–Kier alpha value is -1.44.